The smallest absolute Gasteiger partial charge is 0.416 e. The van der Waals surface area contributed by atoms with E-state index >= 15 is 0 Å². The molecule has 1 aliphatic rings. The van der Waals surface area contributed by atoms with Gasteiger partial charge in [0, 0.05) is 16.6 Å². The standard InChI is InChI=1S/C25H16BrF3N2O5S2/c1-35-20-9-15(19(26)12-21(20)36-13-14-5-7-17(8-6-14)31(33)34)10-22-23(32)30(24(37)38-22)18-4-2-3-16(11-18)25(27,28)29/h2-12H,13H2,1H3/b22-10-. The third-order valence-electron chi connectivity index (χ3n) is 5.34. The zero-order valence-corrected chi connectivity index (χ0v) is 22.5. The molecule has 0 saturated carbocycles. The molecule has 0 aliphatic carbocycles. The van der Waals surface area contributed by atoms with E-state index in [4.69, 9.17) is 21.7 Å². The molecule has 1 heterocycles. The van der Waals surface area contributed by atoms with Gasteiger partial charge in [-0.15, -0.1) is 0 Å². The van der Waals surface area contributed by atoms with Crippen LogP contribution in [0.4, 0.5) is 24.5 Å². The molecule has 0 radical (unpaired) electrons. The second-order valence-electron chi connectivity index (χ2n) is 7.80. The van der Waals surface area contributed by atoms with Gasteiger partial charge in [-0.1, -0.05) is 46.0 Å². The number of thioether (sulfide) groups is 1. The summed E-state index contributed by atoms with van der Waals surface area (Å²) in [5.41, 5.74) is 0.365. The quantitative estimate of drug-likeness (QED) is 0.117. The van der Waals surface area contributed by atoms with Crippen LogP contribution in [0.3, 0.4) is 0 Å². The molecule has 38 heavy (non-hydrogen) atoms. The maximum Gasteiger partial charge on any atom is 0.416 e. The number of halogens is 4. The topological polar surface area (TPSA) is 81.9 Å². The molecule has 0 bridgehead atoms. The number of benzene rings is 3. The summed E-state index contributed by atoms with van der Waals surface area (Å²) in [6, 6.07) is 13.6. The molecule has 0 spiro atoms. The van der Waals surface area contributed by atoms with Crippen LogP contribution >= 0.6 is 39.9 Å². The monoisotopic (exact) mass is 624 g/mol. The maximum atomic E-state index is 13.2. The molecule has 13 heteroatoms. The van der Waals surface area contributed by atoms with Crippen molar-refractivity contribution >= 4 is 67.6 Å². The van der Waals surface area contributed by atoms with E-state index in [1.165, 1.54) is 31.4 Å². The number of hydrogen-bond acceptors (Lipinski definition) is 7. The number of thiocarbonyl (C=S) groups is 1. The molecule has 3 aromatic rings. The molecule has 0 N–H and O–H groups in total. The highest BCUT2D eigenvalue weighted by Crippen LogP contribution is 2.41. The number of alkyl halides is 3. The van der Waals surface area contributed by atoms with Gasteiger partial charge in [0.2, 0.25) is 0 Å². The van der Waals surface area contributed by atoms with Gasteiger partial charge in [0.15, 0.2) is 15.8 Å². The van der Waals surface area contributed by atoms with Crippen molar-refractivity contribution in [1.29, 1.82) is 0 Å². The molecule has 1 aliphatic heterocycles. The van der Waals surface area contributed by atoms with Gasteiger partial charge < -0.3 is 9.47 Å². The minimum absolute atomic E-state index is 0.0253. The summed E-state index contributed by atoms with van der Waals surface area (Å²) in [6.07, 6.45) is -3.00. The van der Waals surface area contributed by atoms with Crippen molar-refractivity contribution in [2.24, 2.45) is 0 Å². The molecule has 0 unspecified atom stereocenters. The molecular weight excluding hydrogens is 609 g/mol. The molecule has 1 fully saturated rings. The lowest BCUT2D eigenvalue weighted by molar-refractivity contribution is -0.384. The van der Waals surface area contributed by atoms with E-state index < -0.39 is 22.6 Å². The number of methoxy groups -OCH3 is 1. The molecular formula is C25H16BrF3N2O5S2. The third-order valence-corrected chi connectivity index (χ3v) is 7.33. The lowest BCUT2D eigenvalue weighted by atomic mass is 10.1. The zero-order chi connectivity index (χ0) is 27.6. The Labute approximate surface area is 232 Å². The fourth-order valence-corrected chi connectivity index (χ4v) is 5.19. The normalized spacial score (nSPS) is 14.8. The fourth-order valence-electron chi connectivity index (χ4n) is 3.46. The number of carbonyl (C=O) groups is 1. The number of nitro groups is 1. The number of amides is 1. The molecule has 0 aromatic heterocycles. The first-order valence-electron chi connectivity index (χ1n) is 10.7. The number of nitrogens with zero attached hydrogens (tertiary/aromatic N) is 2. The summed E-state index contributed by atoms with van der Waals surface area (Å²) in [5.74, 6) is 0.185. The minimum atomic E-state index is -4.56. The fraction of sp³-hybridized carbons (Fsp3) is 0.120. The van der Waals surface area contributed by atoms with Crippen molar-refractivity contribution in [2.75, 3.05) is 12.0 Å². The highest BCUT2D eigenvalue weighted by atomic mass is 79.9. The van der Waals surface area contributed by atoms with Crippen LogP contribution in [0.15, 0.2) is 70.0 Å². The number of carbonyl (C=O) groups excluding carboxylic acids is 1. The van der Waals surface area contributed by atoms with Gasteiger partial charge in [0.05, 0.1) is 28.2 Å². The summed E-state index contributed by atoms with van der Waals surface area (Å²) < 4.78 is 51.4. The average Bonchev–Trinajstić information content (AvgIpc) is 3.16. The van der Waals surface area contributed by atoms with Crippen LogP contribution in [0.1, 0.15) is 16.7 Å². The molecule has 0 atom stereocenters. The van der Waals surface area contributed by atoms with Crippen LogP contribution in [-0.2, 0) is 17.6 Å². The lowest BCUT2D eigenvalue weighted by Crippen LogP contribution is -2.27. The van der Waals surface area contributed by atoms with Crippen LogP contribution in [-0.4, -0.2) is 22.3 Å². The van der Waals surface area contributed by atoms with E-state index in [1.807, 2.05) is 0 Å². The van der Waals surface area contributed by atoms with Crippen LogP contribution < -0.4 is 14.4 Å². The van der Waals surface area contributed by atoms with Crippen LogP contribution in [0, 0.1) is 10.1 Å². The highest BCUT2D eigenvalue weighted by Gasteiger charge is 2.36. The summed E-state index contributed by atoms with van der Waals surface area (Å²) in [7, 11) is 1.44. The van der Waals surface area contributed by atoms with Crippen molar-refractivity contribution in [3.05, 3.63) is 96.8 Å². The molecule has 4 rings (SSSR count). The van der Waals surface area contributed by atoms with Crippen molar-refractivity contribution in [1.82, 2.24) is 0 Å². The number of rotatable bonds is 7. The molecule has 7 nitrogen and oxygen atoms in total. The van der Waals surface area contributed by atoms with E-state index in [-0.39, 0.29) is 27.2 Å². The second-order valence-corrected chi connectivity index (χ2v) is 10.3. The Hall–Kier alpha value is -3.42. The second kappa shape index (κ2) is 11.1. The predicted molar refractivity (Wildman–Crippen MR) is 145 cm³/mol. The Morgan fingerprint density at radius 2 is 1.84 bits per heavy atom. The number of nitro benzene ring substituents is 1. The Balaban J connectivity index is 1.56. The third kappa shape index (κ3) is 6.00. The van der Waals surface area contributed by atoms with Crippen molar-refractivity contribution in [2.45, 2.75) is 12.8 Å². The number of hydrogen-bond donors (Lipinski definition) is 0. The van der Waals surface area contributed by atoms with Crippen LogP contribution in [0.5, 0.6) is 11.5 Å². The Bertz CT molecular complexity index is 1460. The van der Waals surface area contributed by atoms with Crippen LogP contribution in [0.25, 0.3) is 6.08 Å². The van der Waals surface area contributed by atoms with Gasteiger partial charge in [-0.2, -0.15) is 13.2 Å². The Morgan fingerprint density at radius 1 is 1.13 bits per heavy atom. The first-order valence-corrected chi connectivity index (χ1v) is 12.7. The van der Waals surface area contributed by atoms with Gasteiger partial charge in [-0.25, -0.2) is 0 Å². The largest absolute Gasteiger partial charge is 0.493 e. The van der Waals surface area contributed by atoms with Gasteiger partial charge in [0.1, 0.15) is 6.61 Å². The predicted octanol–water partition coefficient (Wildman–Crippen LogP) is 7.37. The van der Waals surface area contributed by atoms with Crippen molar-refractivity contribution < 1.29 is 32.4 Å². The van der Waals surface area contributed by atoms with Crippen molar-refractivity contribution in [3.63, 3.8) is 0 Å². The average molecular weight is 625 g/mol. The molecule has 3 aromatic carbocycles. The molecule has 196 valence electrons. The Kier molecular flexibility index (Phi) is 8.09. The van der Waals surface area contributed by atoms with Gasteiger partial charge in [-0.3, -0.25) is 19.8 Å². The summed E-state index contributed by atoms with van der Waals surface area (Å²) >= 11 is 9.70. The number of ether oxygens (including phenoxy) is 2. The van der Waals surface area contributed by atoms with Gasteiger partial charge >= 0.3 is 6.18 Å². The SMILES string of the molecule is COc1cc(/C=C2\SC(=S)N(c3cccc(C(F)(F)F)c3)C2=O)c(Br)cc1OCc1ccc([N+](=O)[O-])cc1. The zero-order valence-electron chi connectivity index (χ0n) is 19.3. The highest BCUT2D eigenvalue weighted by molar-refractivity contribution is 9.10. The lowest BCUT2D eigenvalue weighted by Gasteiger charge is -2.16. The first kappa shape index (κ1) is 27.6. The van der Waals surface area contributed by atoms with Crippen molar-refractivity contribution in [3.8, 4) is 11.5 Å². The number of anilines is 1. The summed E-state index contributed by atoms with van der Waals surface area (Å²) in [4.78, 5) is 24.7. The summed E-state index contributed by atoms with van der Waals surface area (Å²) in [5, 5.41) is 10.8. The molecule has 1 amide bonds. The van der Waals surface area contributed by atoms with Crippen LogP contribution in [0.2, 0.25) is 0 Å². The van der Waals surface area contributed by atoms with Gasteiger partial charge in [0.25, 0.3) is 11.6 Å². The summed E-state index contributed by atoms with van der Waals surface area (Å²) in [6.45, 7) is 0.121. The van der Waals surface area contributed by atoms with E-state index in [1.54, 1.807) is 30.3 Å². The number of non-ortho nitro benzene ring substituents is 1. The van der Waals surface area contributed by atoms with E-state index in [9.17, 15) is 28.1 Å². The maximum absolute atomic E-state index is 13.2. The molecule has 1 saturated heterocycles. The van der Waals surface area contributed by atoms with Gasteiger partial charge in [-0.05, 0) is 59.7 Å². The minimum Gasteiger partial charge on any atom is -0.493 e. The first-order chi connectivity index (χ1) is 18.0. The van der Waals surface area contributed by atoms with E-state index in [0.717, 1.165) is 28.8 Å². The Morgan fingerprint density at radius 3 is 2.47 bits per heavy atom. The van der Waals surface area contributed by atoms with E-state index in [0.29, 0.717) is 27.1 Å². The van der Waals surface area contributed by atoms with E-state index in [2.05, 4.69) is 15.9 Å².